The van der Waals surface area contributed by atoms with Crippen molar-refractivity contribution in [2.45, 2.75) is 38.2 Å². The van der Waals surface area contributed by atoms with E-state index in [1.54, 1.807) is 0 Å². The minimum absolute atomic E-state index is 0.0652. The molecule has 3 aliphatic rings. The second-order valence-electron chi connectivity index (χ2n) is 7.86. The van der Waals surface area contributed by atoms with Crippen LogP contribution in [0.2, 0.25) is 0 Å². The smallest absolute Gasteiger partial charge is 0.336 e. The normalized spacial score (nSPS) is 21.4. The van der Waals surface area contributed by atoms with Crippen LogP contribution in [0.25, 0.3) is 0 Å². The maximum Gasteiger partial charge on any atom is 0.336 e. The number of para-hydroxylation sites is 1. The van der Waals surface area contributed by atoms with E-state index in [2.05, 4.69) is 48.2 Å². The molecule has 0 saturated heterocycles. The van der Waals surface area contributed by atoms with Crippen LogP contribution in [0.4, 0.5) is 5.69 Å². The second-order valence-corrected chi connectivity index (χ2v) is 7.86. The minimum Gasteiger partial charge on any atom is -0.454 e. The molecule has 1 atom stereocenters. The molecule has 1 aromatic rings. The number of nitrogens with one attached hydrogen (secondary N) is 1. The Balaban J connectivity index is 1.88. The lowest BCUT2D eigenvalue weighted by molar-refractivity contribution is -0.144. The molecule has 3 aliphatic heterocycles. The number of nitrogens with zero attached hydrogens (tertiary/aromatic N) is 2. The molecule has 3 heterocycles. The Morgan fingerprint density at radius 1 is 1.41 bits per heavy atom. The number of benzene rings is 1. The van der Waals surface area contributed by atoms with Crippen molar-refractivity contribution < 1.29 is 14.3 Å². The van der Waals surface area contributed by atoms with Crippen LogP contribution in [-0.2, 0) is 19.7 Å². The Morgan fingerprint density at radius 2 is 2.17 bits per heavy atom. The lowest BCUT2D eigenvalue weighted by Gasteiger charge is -2.40. The van der Waals surface area contributed by atoms with Crippen molar-refractivity contribution in [3.63, 3.8) is 0 Å². The van der Waals surface area contributed by atoms with Gasteiger partial charge in [-0.25, -0.2) is 4.79 Å². The first-order chi connectivity index (χ1) is 13.9. The summed E-state index contributed by atoms with van der Waals surface area (Å²) in [4.78, 5) is 27.0. The molecule has 0 aromatic heterocycles. The van der Waals surface area contributed by atoms with Crippen LogP contribution in [-0.4, -0.2) is 31.1 Å². The monoisotopic (exact) mass is 387 g/mol. The average Bonchev–Trinajstić information content (AvgIpc) is 2.94. The van der Waals surface area contributed by atoms with Gasteiger partial charge in [0.25, 0.3) is 0 Å². The van der Waals surface area contributed by atoms with Gasteiger partial charge in [0.15, 0.2) is 0 Å². The molecule has 6 heteroatoms. The highest BCUT2D eigenvalue weighted by Gasteiger charge is 2.49. The van der Waals surface area contributed by atoms with Gasteiger partial charge in [-0.3, -0.25) is 4.79 Å². The number of esters is 1. The fourth-order valence-corrected chi connectivity index (χ4v) is 4.60. The Bertz CT molecular complexity index is 1070. The molecule has 1 N–H and O–H groups in total. The molecule has 1 amide bonds. The molecule has 29 heavy (non-hydrogen) atoms. The van der Waals surface area contributed by atoms with E-state index >= 15 is 0 Å². The highest BCUT2D eigenvalue weighted by atomic mass is 16.5. The number of fused-ring (bicyclic) bond motifs is 4. The van der Waals surface area contributed by atoms with Crippen molar-refractivity contribution in [3.8, 4) is 18.4 Å². The molecule has 1 unspecified atom stereocenters. The summed E-state index contributed by atoms with van der Waals surface area (Å²) in [5, 5.41) is 12.5. The lowest BCUT2D eigenvalue weighted by Crippen LogP contribution is -2.42. The third kappa shape index (κ3) is 2.80. The number of hydrogen-bond donors (Lipinski definition) is 1. The molecule has 1 aromatic carbocycles. The predicted octanol–water partition coefficient (Wildman–Crippen LogP) is 2.33. The number of anilines is 1. The summed E-state index contributed by atoms with van der Waals surface area (Å²) in [6.07, 6.45) is 5.06. The number of hydrogen-bond acceptors (Lipinski definition) is 5. The van der Waals surface area contributed by atoms with Crippen molar-refractivity contribution in [3.05, 3.63) is 52.2 Å². The van der Waals surface area contributed by atoms with Gasteiger partial charge < -0.3 is 15.0 Å². The topological polar surface area (TPSA) is 82.4 Å². The van der Waals surface area contributed by atoms with Gasteiger partial charge >= 0.3 is 5.97 Å². The van der Waals surface area contributed by atoms with Gasteiger partial charge in [0.2, 0.25) is 5.91 Å². The number of rotatable bonds is 3. The maximum absolute atomic E-state index is 12.6. The quantitative estimate of drug-likeness (QED) is 0.636. The van der Waals surface area contributed by atoms with Gasteiger partial charge in [0.1, 0.15) is 12.2 Å². The number of amides is 1. The van der Waals surface area contributed by atoms with Crippen molar-refractivity contribution in [1.29, 1.82) is 5.26 Å². The molecule has 4 rings (SSSR count). The SMILES string of the molecule is C#CCNC(=O)CC1=C(C#N)C2=C3N(CCC2OC1=O)c1ccccc1C3(C)C. The number of carbonyl (C=O) groups excluding carboxylic acids is 2. The fraction of sp³-hybridized carbons (Fsp3) is 0.348. The van der Waals surface area contributed by atoms with E-state index in [-0.39, 0.29) is 29.5 Å². The van der Waals surface area contributed by atoms with Crippen LogP contribution in [0.1, 0.15) is 32.3 Å². The summed E-state index contributed by atoms with van der Waals surface area (Å²) in [5.74, 6) is 1.31. The highest BCUT2D eigenvalue weighted by molar-refractivity contribution is 5.99. The first kappa shape index (κ1) is 18.8. The molecule has 0 bridgehead atoms. The summed E-state index contributed by atoms with van der Waals surface area (Å²) >= 11 is 0. The van der Waals surface area contributed by atoms with Crippen LogP contribution in [0, 0.1) is 23.7 Å². The van der Waals surface area contributed by atoms with E-state index in [4.69, 9.17) is 11.2 Å². The third-order valence-electron chi connectivity index (χ3n) is 5.83. The van der Waals surface area contributed by atoms with Crippen molar-refractivity contribution in [2.75, 3.05) is 18.0 Å². The van der Waals surface area contributed by atoms with Crippen molar-refractivity contribution in [1.82, 2.24) is 5.32 Å². The summed E-state index contributed by atoms with van der Waals surface area (Å²) in [5.41, 5.74) is 3.97. The lowest BCUT2D eigenvalue weighted by atomic mass is 9.77. The number of terminal acetylenes is 1. The van der Waals surface area contributed by atoms with E-state index in [1.165, 1.54) is 5.56 Å². The standard InChI is InChI=1S/C23H21N3O3/c1-4-10-25-19(27)12-14-15(13-24)20-18(29-22(14)28)9-11-26-17-8-6-5-7-16(17)23(2,3)21(20)26/h1,5-8,18H,9-12H2,2-3H3,(H,25,27). The molecule has 0 fully saturated rings. The molecule has 146 valence electrons. The van der Waals surface area contributed by atoms with Gasteiger partial charge in [-0.05, 0) is 11.6 Å². The van der Waals surface area contributed by atoms with Crippen LogP contribution in [0.5, 0.6) is 0 Å². The van der Waals surface area contributed by atoms with Crippen LogP contribution in [0.3, 0.4) is 0 Å². The van der Waals surface area contributed by atoms with Gasteiger partial charge in [-0.15, -0.1) is 6.42 Å². The van der Waals surface area contributed by atoms with Gasteiger partial charge in [0.05, 0.1) is 24.1 Å². The van der Waals surface area contributed by atoms with Gasteiger partial charge in [-0.2, -0.15) is 5.26 Å². The van der Waals surface area contributed by atoms with Crippen LogP contribution >= 0.6 is 0 Å². The molecular weight excluding hydrogens is 366 g/mol. The van der Waals surface area contributed by atoms with E-state index in [0.29, 0.717) is 13.0 Å². The Kier molecular flexibility index (Phi) is 4.43. The van der Waals surface area contributed by atoms with E-state index in [0.717, 1.165) is 17.0 Å². The number of allylic oxidation sites excluding steroid dienone is 1. The summed E-state index contributed by atoms with van der Waals surface area (Å²) in [7, 11) is 0. The Hall–Kier alpha value is -3.51. The average molecular weight is 387 g/mol. The summed E-state index contributed by atoms with van der Waals surface area (Å²) < 4.78 is 5.69. The molecular formula is C23H21N3O3. The molecule has 6 nitrogen and oxygen atoms in total. The molecule has 0 radical (unpaired) electrons. The molecule has 0 aliphatic carbocycles. The highest BCUT2D eigenvalue weighted by Crippen LogP contribution is 2.53. The first-order valence-electron chi connectivity index (χ1n) is 9.56. The number of ether oxygens (including phenoxy) is 1. The minimum atomic E-state index is -0.603. The van der Waals surface area contributed by atoms with Gasteiger partial charge in [0, 0.05) is 35.3 Å². The zero-order valence-corrected chi connectivity index (χ0v) is 16.4. The number of nitriles is 1. The van der Waals surface area contributed by atoms with Crippen molar-refractivity contribution in [2.24, 2.45) is 0 Å². The summed E-state index contributed by atoms with van der Waals surface area (Å²) in [6.45, 7) is 4.99. The maximum atomic E-state index is 12.6. The fourth-order valence-electron chi connectivity index (χ4n) is 4.60. The predicted molar refractivity (Wildman–Crippen MR) is 107 cm³/mol. The zero-order valence-electron chi connectivity index (χ0n) is 16.4. The molecule has 0 saturated carbocycles. The first-order valence-corrected chi connectivity index (χ1v) is 9.56. The largest absolute Gasteiger partial charge is 0.454 e. The zero-order chi connectivity index (χ0) is 20.8. The van der Waals surface area contributed by atoms with Gasteiger partial charge in [-0.1, -0.05) is 38.0 Å². The Labute approximate surface area is 169 Å². The van der Waals surface area contributed by atoms with E-state index in [1.807, 2.05) is 12.1 Å². The second kappa shape index (κ2) is 6.83. The number of carbonyl (C=O) groups is 2. The Morgan fingerprint density at radius 3 is 2.90 bits per heavy atom. The van der Waals surface area contributed by atoms with E-state index < -0.39 is 18.0 Å². The van der Waals surface area contributed by atoms with E-state index in [9.17, 15) is 14.9 Å². The molecule has 0 spiro atoms. The summed E-state index contributed by atoms with van der Waals surface area (Å²) in [6, 6.07) is 10.4. The van der Waals surface area contributed by atoms with Crippen LogP contribution < -0.4 is 10.2 Å². The van der Waals surface area contributed by atoms with Crippen molar-refractivity contribution >= 4 is 17.6 Å². The van der Waals surface area contributed by atoms with Crippen LogP contribution in [0.15, 0.2) is 46.7 Å². The third-order valence-corrected chi connectivity index (χ3v) is 5.83.